The van der Waals surface area contributed by atoms with Crippen molar-refractivity contribution < 1.29 is 9.90 Å². The first-order valence-electron chi connectivity index (χ1n) is 4.85. The lowest BCUT2D eigenvalue weighted by Crippen LogP contribution is -2.37. The smallest absolute Gasteiger partial charge is 0.341 e. The average molecular weight is 209 g/mol. The molecule has 0 saturated carbocycles. The van der Waals surface area contributed by atoms with Crippen molar-refractivity contribution in [3.8, 4) is 0 Å². The van der Waals surface area contributed by atoms with Crippen LogP contribution in [0.15, 0.2) is 23.1 Å². The average Bonchev–Trinajstić information content (AvgIpc) is 2.17. The normalized spacial score (nSPS) is 11.4. The Hall–Kier alpha value is -1.58. The van der Waals surface area contributed by atoms with Crippen LogP contribution in [-0.4, -0.2) is 15.6 Å². The van der Waals surface area contributed by atoms with Crippen LogP contribution in [0, 0.1) is 0 Å². The van der Waals surface area contributed by atoms with Crippen LogP contribution in [0.25, 0.3) is 0 Å². The molecule has 4 heteroatoms. The highest BCUT2D eigenvalue weighted by Gasteiger charge is 2.21. The standard InChI is InChI=1S/C11H15NO3/c1-4-11(2,3)12-7-5-6-8(9(12)13)10(14)15/h5-7H,4H2,1-3H3,(H,14,15). The highest BCUT2D eigenvalue weighted by atomic mass is 16.4. The molecule has 0 fully saturated rings. The molecule has 0 spiro atoms. The topological polar surface area (TPSA) is 59.3 Å². The summed E-state index contributed by atoms with van der Waals surface area (Å²) in [6, 6.07) is 2.91. The SMILES string of the molecule is CCC(C)(C)n1cccc(C(=O)O)c1=O. The summed E-state index contributed by atoms with van der Waals surface area (Å²) < 4.78 is 1.47. The molecule has 0 aliphatic rings. The number of hydrogen-bond donors (Lipinski definition) is 1. The van der Waals surface area contributed by atoms with Gasteiger partial charge in [0.05, 0.1) is 0 Å². The van der Waals surface area contributed by atoms with E-state index in [4.69, 9.17) is 5.11 Å². The van der Waals surface area contributed by atoms with Crippen molar-refractivity contribution in [2.75, 3.05) is 0 Å². The Morgan fingerprint density at radius 1 is 1.53 bits per heavy atom. The van der Waals surface area contributed by atoms with Crippen molar-refractivity contribution in [2.45, 2.75) is 32.7 Å². The van der Waals surface area contributed by atoms with Crippen LogP contribution >= 0.6 is 0 Å². The van der Waals surface area contributed by atoms with Gasteiger partial charge in [-0.25, -0.2) is 4.79 Å². The first-order valence-corrected chi connectivity index (χ1v) is 4.85. The Balaban J connectivity index is 3.41. The predicted octanol–water partition coefficient (Wildman–Crippen LogP) is 1.69. The monoisotopic (exact) mass is 209 g/mol. The molecule has 0 bridgehead atoms. The van der Waals surface area contributed by atoms with E-state index in [0.717, 1.165) is 6.42 Å². The molecule has 1 aromatic heterocycles. The lowest BCUT2D eigenvalue weighted by molar-refractivity contribution is 0.0693. The van der Waals surface area contributed by atoms with Crippen LogP contribution in [-0.2, 0) is 5.54 Å². The number of nitrogens with zero attached hydrogens (tertiary/aromatic N) is 1. The molecule has 4 nitrogen and oxygen atoms in total. The van der Waals surface area contributed by atoms with Crippen molar-refractivity contribution in [2.24, 2.45) is 0 Å². The van der Waals surface area contributed by atoms with Gasteiger partial charge in [0.15, 0.2) is 0 Å². The van der Waals surface area contributed by atoms with Gasteiger partial charge in [-0.3, -0.25) is 4.79 Å². The van der Waals surface area contributed by atoms with Gasteiger partial charge < -0.3 is 9.67 Å². The molecule has 0 aromatic carbocycles. The molecule has 0 amide bonds. The molecule has 1 heterocycles. The minimum absolute atomic E-state index is 0.181. The van der Waals surface area contributed by atoms with E-state index in [-0.39, 0.29) is 11.1 Å². The van der Waals surface area contributed by atoms with Crippen molar-refractivity contribution in [3.63, 3.8) is 0 Å². The van der Waals surface area contributed by atoms with Crippen LogP contribution in [0.5, 0.6) is 0 Å². The Morgan fingerprint density at radius 2 is 2.13 bits per heavy atom. The minimum Gasteiger partial charge on any atom is -0.477 e. The summed E-state index contributed by atoms with van der Waals surface area (Å²) in [5, 5.41) is 8.82. The minimum atomic E-state index is -1.18. The van der Waals surface area contributed by atoms with Crippen LogP contribution in [0.2, 0.25) is 0 Å². The van der Waals surface area contributed by atoms with E-state index >= 15 is 0 Å². The lowest BCUT2D eigenvalue weighted by atomic mass is 10.0. The molecule has 0 saturated heterocycles. The lowest BCUT2D eigenvalue weighted by Gasteiger charge is -2.26. The number of carboxylic acid groups (broad SMARTS) is 1. The van der Waals surface area contributed by atoms with Crippen molar-refractivity contribution >= 4 is 5.97 Å². The van der Waals surface area contributed by atoms with Crippen molar-refractivity contribution in [1.82, 2.24) is 4.57 Å². The molecular formula is C11H15NO3. The molecule has 0 aliphatic heterocycles. The molecular weight excluding hydrogens is 194 g/mol. The van der Waals surface area contributed by atoms with E-state index in [9.17, 15) is 9.59 Å². The van der Waals surface area contributed by atoms with Crippen molar-refractivity contribution in [3.05, 3.63) is 34.2 Å². The Labute approximate surface area is 88.2 Å². The third-order valence-electron chi connectivity index (χ3n) is 2.70. The number of pyridine rings is 1. The summed E-state index contributed by atoms with van der Waals surface area (Å²) in [4.78, 5) is 22.6. The Bertz CT molecular complexity index is 432. The summed E-state index contributed by atoms with van der Waals surface area (Å²) in [7, 11) is 0. The first-order chi connectivity index (χ1) is 6.90. The summed E-state index contributed by atoms with van der Waals surface area (Å²) in [5.41, 5.74) is -0.987. The van der Waals surface area contributed by atoms with Gasteiger partial charge in [-0.05, 0) is 32.4 Å². The van der Waals surface area contributed by atoms with Gasteiger partial charge in [0, 0.05) is 11.7 Å². The van der Waals surface area contributed by atoms with Crippen LogP contribution in [0.3, 0.4) is 0 Å². The number of carboxylic acids is 1. The summed E-state index contributed by atoms with van der Waals surface area (Å²) in [6.07, 6.45) is 2.38. The maximum Gasteiger partial charge on any atom is 0.341 e. The van der Waals surface area contributed by atoms with Gasteiger partial charge in [0.1, 0.15) is 5.56 Å². The zero-order chi connectivity index (χ0) is 11.6. The van der Waals surface area contributed by atoms with E-state index in [1.165, 1.54) is 10.6 Å². The Morgan fingerprint density at radius 3 is 2.60 bits per heavy atom. The van der Waals surface area contributed by atoms with Gasteiger partial charge >= 0.3 is 5.97 Å². The summed E-state index contributed by atoms with van der Waals surface area (Å²) >= 11 is 0. The fourth-order valence-electron chi connectivity index (χ4n) is 1.30. The van der Waals surface area contributed by atoms with Crippen LogP contribution in [0.1, 0.15) is 37.6 Å². The van der Waals surface area contributed by atoms with E-state index in [1.54, 1.807) is 12.3 Å². The molecule has 0 radical (unpaired) electrons. The third-order valence-corrected chi connectivity index (χ3v) is 2.70. The molecule has 15 heavy (non-hydrogen) atoms. The number of aromatic nitrogens is 1. The van der Waals surface area contributed by atoms with Gasteiger partial charge in [0.2, 0.25) is 0 Å². The molecule has 0 atom stereocenters. The van der Waals surface area contributed by atoms with Crippen LogP contribution < -0.4 is 5.56 Å². The second-order valence-electron chi connectivity index (χ2n) is 4.07. The van der Waals surface area contributed by atoms with Crippen molar-refractivity contribution in [1.29, 1.82) is 0 Å². The van der Waals surface area contributed by atoms with Gasteiger partial charge in [-0.15, -0.1) is 0 Å². The highest BCUT2D eigenvalue weighted by Crippen LogP contribution is 2.16. The first kappa shape index (κ1) is 11.5. The molecule has 1 rings (SSSR count). The maximum atomic E-state index is 11.8. The second-order valence-corrected chi connectivity index (χ2v) is 4.07. The third kappa shape index (κ3) is 2.09. The fourth-order valence-corrected chi connectivity index (χ4v) is 1.30. The molecule has 1 aromatic rings. The quantitative estimate of drug-likeness (QED) is 0.824. The summed E-state index contributed by atoms with van der Waals surface area (Å²) in [6.45, 7) is 5.76. The maximum absolute atomic E-state index is 11.8. The fraction of sp³-hybridized carbons (Fsp3) is 0.455. The number of carbonyl (C=O) groups is 1. The van der Waals surface area contributed by atoms with E-state index < -0.39 is 11.5 Å². The van der Waals surface area contributed by atoms with Gasteiger partial charge in [-0.2, -0.15) is 0 Å². The van der Waals surface area contributed by atoms with Crippen LogP contribution in [0.4, 0.5) is 0 Å². The Kier molecular flexibility index (Phi) is 2.98. The van der Waals surface area contributed by atoms with Gasteiger partial charge in [0.25, 0.3) is 5.56 Å². The number of rotatable bonds is 3. The van der Waals surface area contributed by atoms with E-state index in [2.05, 4.69) is 0 Å². The number of hydrogen-bond acceptors (Lipinski definition) is 2. The second kappa shape index (κ2) is 3.88. The van der Waals surface area contributed by atoms with Gasteiger partial charge in [-0.1, -0.05) is 6.92 Å². The predicted molar refractivity (Wildman–Crippen MR) is 57.3 cm³/mol. The molecule has 1 N–H and O–H groups in total. The molecule has 0 unspecified atom stereocenters. The molecule has 0 aliphatic carbocycles. The summed E-state index contributed by atoms with van der Waals surface area (Å²) in [5.74, 6) is -1.18. The molecule has 82 valence electrons. The zero-order valence-corrected chi connectivity index (χ0v) is 9.15. The zero-order valence-electron chi connectivity index (χ0n) is 9.15. The largest absolute Gasteiger partial charge is 0.477 e. The highest BCUT2D eigenvalue weighted by molar-refractivity contribution is 5.86. The van der Waals surface area contributed by atoms with E-state index in [0.29, 0.717) is 0 Å². The number of aromatic carboxylic acids is 1. The van der Waals surface area contributed by atoms with E-state index in [1.807, 2.05) is 20.8 Å².